The van der Waals surface area contributed by atoms with Crippen LogP contribution >= 0.6 is 11.6 Å². The van der Waals surface area contributed by atoms with Gasteiger partial charge in [0.1, 0.15) is 0 Å². The van der Waals surface area contributed by atoms with Crippen molar-refractivity contribution in [3.63, 3.8) is 0 Å². The third-order valence-electron chi connectivity index (χ3n) is 5.00. The van der Waals surface area contributed by atoms with Gasteiger partial charge in [-0.3, -0.25) is 4.90 Å². The van der Waals surface area contributed by atoms with Crippen LogP contribution in [0.3, 0.4) is 0 Å². The molecule has 0 bridgehead atoms. The van der Waals surface area contributed by atoms with Crippen LogP contribution in [0.2, 0.25) is 5.02 Å². The van der Waals surface area contributed by atoms with E-state index in [1.807, 2.05) is 24.3 Å². The van der Waals surface area contributed by atoms with Gasteiger partial charge in [-0.05, 0) is 67.7 Å². The van der Waals surface area contributed by atoms with E-state index in [1.165, 1.54) is 18.4 Å². The van der Waals surface area contributed by atoms with E-state index < -0.39 is 5.97 Å². The van der Waals surface area contributed by atoms with Crippen LogP contribution in [0.15, 0.2) is 48.5 Å². The molecule has 0 aliphatic carbocycles. The lowest BCUT2D eigenvalue weighted by Gasteiger charge is -2.32. The molecule has 2 aromatic carbocycles. The SMILES string of the molecule is O=C(O)c1cccc(CNCC2CCN(Cc3ccccc3Cl)CC2)c1. The summed E-state index contributed by atoms with van der Waals surface area (Å²) in [7, 11) is 0. The molecule has 1 fully saturated rings. The first-order valence-corrected chi connectivity index (χ1v) is 9.48. The van der Waals surface area contributed by atoms with Crippen molar-refractivity contribution in [3.05, 3.63) is 70.2 Å². The molecular weight excluding hydrogens is 348 g/mol. The minimum Gasteiger partial charge on any atom is -0.478 e. The molecule has 0 atom stereocenters. The van der Waals surface area contributed by atoms with Gasteiger partial charge in [-0.1, -0.05) is 41.9 Å². The normalized spacial score (nSPS) is 15.9. The van der Waals surface area contributed by atoms with Gasteiger partial charge in [0.15, 0.2) is 0 Å². The molecule has 1 aliphatic rings. The van der Waals surface area contributed by atoms with Crippen LogP contribution in [0.5, 0.6) is 0 Å². The predicted octanol–water partition coefficient (Wildman–Crippen LogP) is 4.04. The number of nitrogens with zero attached hydrogens (tertiary/aromatic N) is 1. The summed E-state index contributed by atoms with van der Waals surface area (Å²) in [6, 6.07) is 15.2. The van der Waals surface area contributed by atoms with E-state index in [0.29, 0.717) is 18.0 Å². The molecule has 0 radical (unpaired) electrons. The summed E-state index contributed by atoms with van der Waals surface area (Å²) < 4.78 is 0. The van der Waals surface area contributed by atoms with Crippen LogP contribution in [0.4, 0.5) is 0 Å². The first-order valence-electron chi connectivity index (χ1n) is 9.10. The van der Waals surface area contributed by atoms with Gasteiger partial charge in [0.25, 0.3) is 0 Å². The highest BCUT2D eigenvalue weighted by atomic mass is 35.5. The number of piperidine rings is 1. The van der Waals surface area contributed by atoms with Crippen LogP contribution in [0.25, 0.3) is 0 Å². The van der Waals surface area contributed by atoms with Crippen LogP contribution in [0.1, 0.15) is 34.3 Å². The second-order valence-corrected chi connectivity index (χ2v) is 7.35. The molecule has 0 aromatic heterocycles. The van der Waals surface area contributed by atoms with Crippen molar-refractivity contribution in [1.82, 2.24) is 10.2 Å². The molecular formula is C21H25ClN2O2. The number of rotatable bonds is 7. The van der Waals surface area contributed by atoms with E-state index in [9.17, 15) is 4.79 Å². The quantitative estimate of drug-likeness (QED) is 0.770. The molecule has 0 amide bonds. The molecule has 0 unspecified atom stereocenters. The third kappa shape index (κ3) is 5.31. The minimum absolute atomic E-state index is 0.345. The lowest BCUT2D eigenvalue weighted by molar-refractivity contribution is 0.0696. The second kappa shape index (κ2) is 9.17. The van der Waals surface area contributed by atoms with Gasteiger partial charge in [0, 0.05) is 18.1 Å². The smallest absolute Gasteiger partial charge is 0.335 e. The Labute approximate surface area is 159 Å². The minimum atomic E-state index is -0.877. The summed E-state index contributed by atoms with van der Waals surface area (Å²) in [4.78, 5) is 13.5. The molecule has 5 heteroatoms. The van der Waals surface area contributed by atoms with Crippen molar-refractivity contribution in [2.45, 2.75) is 25.9 Å². The number of hydrogen-bond acceptors (Lipinski definition) is 3. The summed E-state index contributed by atoms with van der Waals surface area (Å²) in [5.41, 5.74) is 2.56. The number of aromatic carboxylic acids is 1. The number of likely N-dealkylation sites (tertiary alicyclic amines) is 1. The van der Waals surface area contributed by atoms with Crippen molar-refractivity contribution in [3.8, 4) is 0 Å². The fourth-order valence-electron chi connectivity index (χ4n) is 3.45. The highest BCUT2D eigenvalue weighted by Gasteiger charge is 2.19. The number of benzene rings is 2. The fraction of sp³-hybridized carbons (Fsp3) is 0.381. The monoisotopic (exact) mass is 372 g/mol. The van der Waals surface area contributed by atoms with Crippen molar-refractivity contribution in [2.75, 3.05) is 19.6 Å². The van der Waals surface area contributed by atoms with Gasteiger partial charge in [-0.2, -0.15) is 0 Å². The van der Waals surface area contributed by atoms with E-state index >= 15 is 0 Å². The first kappa shape index (κ1) is 18.9. The molecule has 26 heavy (non-hydrogen) atoms. The molecule has 2 aromatic rings. The molecule has 3 rings (SSSR count). The Morgan fingerprint density at radius 2 is 1.92 bits per heavy atom. The van der Waals surface area contributed by atoms with Gasteiger partial charge in [-0.25, -0.2) is 4.79 Å². The van der Waals surface area contributed by atoms with Gasteiger partial charge in [0.2, 0.25) is 0 Å². The Kier molecular flexibility index (Phi) is 6.67. The third-order valence-corrected chi connectivity index (χ3v) is 5.36. The number of nitrogens with one attached hydrogen (secondary N) is 1. The molecule has 1 saturated heterocycles. The van der Waals surface area contributed by atoms with Crippen LogP contribution < -0.4 is 5.32 Å². The van der Waals surface area contributed by atoms with Crippen LogP contribution in [-0.2, 0) is 13.1 Å². The average Bonchev–Trinajstić information content (AvgIpc) is 2.65. The summed E-state index contributed by atoms with van der Waals surface area (Å²) in [6.07, 6.45) is 2.35. The number of carboxylic acids is 1. The Hall–Kier alpha value is -1.88. The Morgan fingerprint density at radius 1 is 1.15 bits per heavy atom. The van der Waals surface area contributed by atoms with Gasteiger partial charge in [0.05, 0.1) is 5.56 Å². The summed E-state index contributed by atoms with van der Waals surface area (Å²) in [5, 5.41) is 13.4. The van der Waals surface area contributed by atoms with Crippen LogP contribution in [0, 0.1) is 5.92 Å². The Balaban J connectivity index is 1.40. The highest BCUT2D eigenvalue weighted by Crippen LogP contribution is 2.22. The number of carbonyl (C=O) groups is 1. The summed E-state index contributed by atoms with van der Waals surface area (Å²) >= 11 is 6.26. The second-order valence-electron chi connectivity index (χ2n) is 6.95. The molecule has 1 heterocycles. The maximum absolute atomic E-state index is 11.0. The lowest BCUT2D eigenvalue weighted by Crippen LogP contribution is -2.36. The predicted molar refractivity (Wildman–Crippen MR) is 105 cm³/mol. The maximum Gasteiger partial charge on any atom is 0.335 e. The van der Waals surface area contributed by atoms with E-state index in [1.54, 1.807) is 18.2 Å². The van der Waals surface area contributed by atoms with Gasteiger partial charge >= 0.3 is 5.97 Å². The van der Waals surface area contributed by atoms with E-state index in [0.717, 1.165) is 36.8 Å². The molecule has 0 saturated carbocycles. The number of hydrogen-bond donors (Lipinski definition) is 2. The Morgan fingerprint density at radius 3 is 2.65 bits per heavy atom. The van der Waals surface area contributed by atoms with E-state index in [-0.39, 0.29) is 0 Å². The zero-order valence-electron chi connectivity index (χ0n) is 14.8. The zero-order valence-corrected chi connectivity index (χ0v) is 15.6. The lowest BCUT2D eigenvalue weighted by atomic mass is 9.96. The fourth-order valence-corrected chi connectivity index (χ4v) is 3.65. The van der Waals surface area contributed by atoms with Crippen LogP contribution in [-0.4, -0.2) is 35.6 Å². The topological polar surface area (TPSA) is 52.6 Å². The van der Waals surface area contributed by atoms with Crippen molar-refractivity contribution < 1.29 is 9.90 Å². The molecule has 1 aliphatic heterocycles. The van der Waals surface area contributed by atoms with E-state index in [4.69, 9.17) is 16.7 Å². The molecule has 4 nitrogen and oxygen atoms in total. The van der Waals surface area contributed by atoms with Crippen molar-refractivity contribution in [2.24, 2.45) is 5.92 Å². The first-order chi connectivity index (χ1) is 12.6. The van der Waals surface area contributed by atoms with E-state index in [2.05, 4.69) is 16.3 Å². The largest absolute Gasteiger partial charge is 0.478 e. The molecule has 0 spiro atoms. The number of carboxylic acid groups (broad SMARTS) is 1. The molecule has 138 valence electrons. The summed E-state index contributed by atoms with van der Waals surface area (Å²) in [5.74, 6) is -0.210. The molecule has 2 N–H and O–H groups in total. The average molecular weight is 373 g/mol. The van der Waals surface area contributed by atoms with Crippen molar-refractivity contribution >= 4 is 17.6 Å². The van der Waals surface area contributed by atoms with Crippen molar-refractivity contribution in [1.29, 1.82) is 0 Å². The maximum atomic E-state index is 11.0. The zero-order chi connectivity index (χ0) is 18.4. The number of halogens is 1. The Bertz CT molecular complexity index is 742. The van der Waals surface area contributed by atoms with Gasteiger partial charge < -0.3 is 10.4 Å². The van der Waals surface area contributed by atoms with Gasteiger partial charge in [-0.15, -0.1) is 0 Å². The standard InChI is InChI=1S/C21H25ClN2O2/c22-20-7-2-1-5-19(20)15-24-10-8-16(9-11-24)13-23-14-17-4-3-6-18(12-17)21(25)26/h1-7,12,16,23H,8-11,13-15H2,(H,25,26). The highest BCUT2D eigenvalue weighted by molar-refractivity contribution is 6.31. The summed E-state index contributed by atoms with van der Waals surface area (Å²) in [6.45, 7) is 4.78.